The van der Waals surface area contributed by atoms with E-state index in [4.69, 9.17) is 4.98 Å². The zero-order valence-electron chi connectivity index (χ0n) is 15.1. The van der Waals surface area contributed by atoms with Gasteiger partial charge in [-0.1, -0.05) is 36.4 Å². The maximum Gasteiger partial charge on any atom is 0.266 e. The summed E-state index contributed by atoms with van der Waals surface area (Å²) in [5, 5.41) is 0.578. The van der Waals surface area contributed by atoms with Gasteiger partial charge in [0.05, 0.1) is 16.6 Å². The summed E-state index contributed by atoms with van der Waals surface area (Å²) in [4.78, 5) is 18.1. The minimum atomic E-state index is -0.285. The quantitative estimate of drug-likeness (QED) is 0.356. The van der Waals surface area contributed by atoms with Crippen LogP contribution in [-0.4, -0.2) is 9.55 Å². The molecule has 4 aromatic rings. The van der Waals surface area contributed by atoms with Crippen LogP contribution in [0.2, 0.25) is 0 Å². The normalized spacial score (nSPS) is 11.4. The maximum absolute atomic E-state index is 13.3. The Morgan fingerprint density at radius 3 is 2.50 bits per heavy atom. The predicted molar refractivity (Wildman–Crippen MR) is 120 cm³/mol. The van der Waals surface area contributed by atoms with Crippen molar-refractivity contribution in [1.82, 2.24) is 9.55 Å². The van der Waals surface area contributed by atoms with Crippen LogP contribution in [0.4, 0.5) is 4.39 Å². The Labute approximate surface area is 175 Å². The van der Waals surface area contributed by atoms with Crippen molar-refractivity contribution in [2.45, 2.75) is 6.92 Å². The van der Waals surface area contributed by atoms with Gasteiger partial charge in [0.15, 0.2) is 0 Å². The van der Waals surface area contributed by atoms with E-state index in [9.17, 15) is 9.18 Å². The van der Waals surface area contributed by atoms with Crippen LogP contribution in [-0.2, 0) is 0 Å². The maximum atomic E-state index is 13.3. The SMILES string of the molecule is Cc1ccccc1-n1c(/C=C/c2ccc(F)cc2)nc2ccc(I)cc2c1=O. The molecule has 0 saturated carbocycles. The van der Waals surface area contributed by atoms with Crippen molar-refractivity contribution in [3.8, 4) is 5.69 Å². The Balaban J connectivity index is 1.97. The second-order valence-electron chi connectivity index (χ2n) is 6.44. The fourth-order valence-corrected chi connectivity index (χ4v) is 3.57. The Morgan fingerprint density at radius 2 is 1.75 bits per heavy atom. The number of fused-ring (bicyclic) bond motifs is 1. The van der Waals surface area contributed by atoms with E-state index >= 15 is 0 Å². The molecule has 28 heavy (non-hydrogen) atoms. The average molecular weight is 482 g/mol. The second kappa shape index (κ2) is 7.67. The van der Waals surface area contributed by atoms with E-state index in [2.05, 4.69) is 22.6 Å². The zero-order valence-corrected chi connectivity index (χ0v) is 17.2. The van der Waals surface area contributed by atoms with Gasteiger partial charge in [-0.3, -0.25) is 9.36 Å². The number of halogens is 2. The molecular weight excluding hydrogens is 466 g/mol. The van der Waals surface area contributed by atoms with E-state index in [1.54, 1.807) is 22.8 Å². The summed E-state index contributed by atoms with van der Waals surface area (Å²) in [6.45, 7) is 1.97. The third kappa shape index (κ3) is 3.62. The molecule has 0 aliphatic rings. The molecule has 0 aliphatic carbocycles. The molecule has 3 aromatic carbocycles. The van der Waals surface area contributed by atoms with Gasteiger partial charge in [-0.25, -0.2) is 9.37 Å². The zero-order chi connectivity index (χ0) is 19.7. The van der Waals surface area contributed by atoms with Crippen LogP contribution in [0.15, 0.2) is 71.5 Å². The van der Waals surface area contributed by atoms with Crippen molar-refractivity contribution >= 4 is 45.6 Å². The molecule has 0 unspecified atom stereocenters. The van der Waals surface area contributed by atoms with E-state index in [1.165, 1.54) is 12.1 Å². The standard InChI is InChI=1S/C23H16FIN2O/c1-15-4-2-3-5-21(15)27-22(13-8-16-6-9-17(24)10-7-16)26-20-12-11-18(25)14-19(20)23(27)28/h2-14H,1H3/b13-8+. The lowest BCUT2D eigenvalue weighted by atomic mass is 10.1. The highest BCUT2D eigenvalue weighted by molar-refractivity contribution is 14.1. The van der Waals surface area contributed by atoms with Crippen LogP contribution in [0.3, 0.4) is 0 Å². The Hall–Kier alpha value is -2.80. The molecule has 5 heteroatoms. The molecule has 0 N–H and O–H groups in total. The largest absolute Gasteiger partial charge is 0.268 e. The van der Waals surface area contributed by atoms with Gasteiger partial charge in [-0.2, -0.15) is 0 Å². The van der Waals surface area contributed by atoms with Crippen molar-refractivity contribution in [1.29, 1.82) is 0 Å². The van der Waals surface area contributed by atoms with Crippen LogP contribution < -0.4 is 5.56 Å². The number of para-hydroxylation sites is 1. The van der Waals surface area contributed by atoms with Crippen molar-refractivity contribution in [2.24, 2.45) is 0 Å². The second-order valence-corrected chi connectivity index (χ2v) is 7.69. The lowest BCUT2D eigenvalue weighted by Crippen LogP contribution is -2.23. The van der Waals surface area contributed by atoms with Crippen LogP contribution >= 0.6 is 22.6 Å². The molecule has 1 aromatic heterocycles. The summed E-state index contributed by atoms with van der Waals surface area (Å²) in [5.41, 5.74) is 3.13. The fourth-order valence-electron chi connectivity index (χ4n) is 3.08. The van der Waals surface area contributed by atoms with Crippen LogP contribution in [0, 0.1) is 16.3 Å². The predicted octanol–water partition coefficient (Wildman–Crippen LogP) is 5.61. The number of benzene rings is 3. The molecule has 0 fully saturated rings. The monoisotopic (exact) mass is 482 g/mol. The molecule has 0 bridgehead atoms. The van der Waals surface area contributed by atoms with E-state index < -0.39 is 0 Å². The first-order valence-electron chi connectivity index (χ1n) is 8.75. The van der Waals surface area contributed by atoms with Crippen LogP contribution in [0.5, 0.6) is 0 Å². The molecule has 4 rings (SSSR count). The van der Waals surface area contributed by atoms with Gasteiger partial charge in [0, 0.05) is 3.57 Å². The summed E-state index contributed by atoms with van der Waals surface area (Å²) >= 11 is 2.19. The Kier molecular flexibility index (Phi) is 5.09. The van der Waals surface area contributed by atoms with Gasteiger partial charge in [0.1, 0.15) is 11.6 Å². The molecule has 1 heterocycles. The van der Waals surface area contributed by atoms with E-state index in [1.807, 2.05) is 55.5 Å². The van der Waals surface area contributed by atoms with Gasteiger partial charge >= 0.3 is 0 Å². The highest BCUT2D eigenvalue weighted by atomic mass is 127. The van der Waals surface area contributed by atoms with E-state index in [-0.39, 0.29) is 11.4 Å². The minimum absolute atomic E-state index is 0.114. The fraction of sp³-hybridized carbons (Fsp3) is 0.0435. The molecule has 3 nitrogen and oxygen atoms in total. The number of aromatic nitrogens is 2. The molecule has 0 spiro atoms. The number of nitrogens with zero attached hydrogens (tertiary/aromatic N) is 2. The molecular formula is C23H16FIN2O. The van der Waals surface area contributed by atoms with Crippen molar-refractivity contribution < 1.29 is 4.39 Å². The van der Waals surface area contributed by atoms with Gasteiger partial charge in [0.2, 0.25) is 0 Å². The molecule has 138 valence electrons. The number of aryl methyl sites for hydroxylation is 1. The summed E-state index contributed by atoms with van der Waals surface area (Å²) in [6, 6.07) is 19.5. The van der Waals surface area contributed by atoms with E-state index in [0.29, 0.717) is 16.7 Å². The van der Waals surface area contributed by atoms with Crippen molar-refractivity contribution in [2.75, 3.05) is 0 Å². The van der Waals surface area contributed by atoms with Gasteiger partial charge < -0.3 is 0 Å². The topological polar surface area (TPSA) is 34.9 Å². The highest BCUT2D eigenvalue weighted by Gasteiger charge is 2.13. The lowest BCUT2D eigenvalue weighted by Gasteiger charge is -2.13. The molecule has 0 saturated heterocycles. The van der Waals surface area contributed by atoms with Gasteiger partial charge in [0.25, 0.3) is 5.56 Å². The summed E-state index contributed by atoms with van der Waals surface area (Å²) < 4.78 is 15.8. The summed E-state index contributed by atoms with van der Waals surface area (Å²) in [5.74, 6) is 0.240. The third-order valence-electron chi connectivity index (χ3n) is 4.51. The van der Waals surface area contributed by atoms with Crippen LogP contribution in [0.25, 0.3) is 28.7 Å². The molecule has 0 amide bonds. The summed E-state index contributed by atoms with van der Waals surface area (Å²) in [6.07, 6.45) is 3.62. The smallest absolute Gasteiger partial charge is 0.266 e. The lowest BCUT2D eigenvalue weighted by molar-refractivity contribution is 0.628. The van der Waals surface area contributed by atoms with Gasteiger partial charge in [-0.15, -0.1) is 0 Å². The highest BCUT2D eigenvalue weighted by Crippen LogP contribution is 2.19. The molecule has 0 radical (unpaired) electrons. The summed E-state index contributed by atoms with van der Waals surface area (Å²) in [7, 11) is 0. The van der Waals surface area contributed by atoms with Crippen molar-refractivity contribution in [3.63, 3.8) is 0 Å². The average Bonchev–Trinajstić information content (AvgIpc) is 2.69. The first-order chi connectivity index (χ1) is 13.5. The molecule has 0 atom stereocenters. The molecule has 0 aliphatic heterocycles. The minimum Gasteiger partial charge on any atom is -0.268 e. The first-order valence-corrected chi connectivity index (χ1v) is 9.83. The third-order valence-corrected chi connectivity index (χ3v) is 5.18. The Bertz CT molecular complexity index is 1260. The first kappa shape index (κ1) is 18.6. The van der Waals surface area contributed by atoms with Crippen LogP contribution in [0.1, 0.15) is 17.0 Å². The van der Waals surface area contributed by atoms with Crippen molar-refractivity contribution in [3.05, 3.63) is 103 Å². The number of rotatable bonds is 3. The van der Waals surface area contributed by atoms with E-state index in [0.717, 1.165) is 20.4 Å². The number of hydrogen-bond donors (Lipinski definition) is 0. The Morgan fingerprint density at radius 1 is 1.00 bits per heavy atom. The number of hydrogen-bond acceptors (Lipinski definition) is 2. The van der Waals surface area contributed by atoms with Gasteiger partial charge in [-0.05, 0) is 83.1 Å².